The van der Waals surface area contributed by atoms with Gasteiger partial charge >= 0.3 is 0 Å². The van der Waals surface area contributed by atoms with Gasteiger partial charge in [-0.15, -0.1) is 11.3 Å². The van der Waals surface area contributed by atoms with Crippen LogP contribution in [0.1, 0.15) is 10.4 Å². The molecule has 0 aliphatic rings. The first-order chi connectivity index (χ1) is 4.84. The summed E-state index contributed by atoms with van der Waals surface area (Å²) in [6.07, 6.45) is 4.26. The van der Waals surface area contributed by atoms with Gasteiger partial charge in [0.15, 0.2) is 0 Å². The van der Waals surface area contributed by atoms with Crippen molar-refractivity contribution in [2.24, 2.45) is 0 Å². The average Bonchev–Trinajstić information content (AvgIpc) is 2.31. The van der Waals surface area contributed by atoms with Crippen LogP contribution in [0.15, 0.2) is 17.5 Å². The smallest absolute Gasteiger partial charge is 0.0296 e. The van der Waals surface area contributed by atoms with E-state index in [-0.39, 0.29) is 0 Å². The molecule has 2 heteroatoms. The van der Waals surface area contributed by atoms with Crippen molar-refractivity contribution in [3.8, 4) is 0 Å². The number of halogens is 1. The van der Waals surface area contributed by atoms with Crippen LogP contribution in [0.2, 0.25) is 0 Å². The number of hydrogen-bond acceptors (Lipinski definition) is 1. The predicted molar refractivity (Wildman–Crippen MR) is 51.9 cm³/mol. The van der Waals surface area contributed by atoms with Crippen molar-refractivity contribution in [2.45, 2.75) is 6.92 Å². The summed E-state index contributed by atoms with van der Waals surface area (Å²) in [6, 6.07) is 2.14. The number of aryl methyl sites for hydroxylation is 1. The van der Waals surface area contributed by atoms with Crippen molar-refractivity contribution in [3.63, 3.8) is 0 Å². The van der Waals surface area contributed by atoms with Crippen LogP contribution in [-0.2, 0) is 0 Å². The van der Waals surface area contributed by atoms with E-state index in [9.17, 15) is 0 Å². The second-order valence-electron chi connectivity index (χ2n) is 2.02. The van der Waals surface area contributed by atoms with Crippen LogP contribution < -0.4 is 0 Å². The van der Waals surface area contributed by atoms with Crippen molar-refractivity contribution < 1.29 is 0 Å². The Morgan fingerprint density at radius 3 is 3.00 bits per heavy atom. The van der Waals surface area contributed by atoms with E-state index in [0.29, 0.717) is 0 Å². The molecule has 1 heterocycles. The molecule has 0 aliphatic carbocycles. The second-order valence-corrected chi connectivity index (χ2v) is 3.62. The van der Waals surface area contributed by atoms with E-state index in [4.69, 9.17) is 0 Å². The zero-order valence-electron chi connectivity index (χ0n) is 5.80. The number of alkyl halides is 1. The third-order valence-corrected chi connectivity index (χ3v) is 2.62. The largest absolute Gasteiger partial charge is 0.144 e. The molecule has 0 fully saturated rings. The van der Waals surface area contributed by atoms with E-state index >= 15 is 0 Å². The van der Waals surface area contributed by atoms with E-state index in [2.05, 4.69) is 46.5 Å². The van der Waals surface area contributed by atoms with Gasteiger partial charge in [-0.3, -0.25) is 0 Å². The van der Waals surface area contributed by atoms with Gasteiger partial charge in [-0.05, 0) is 30.0 Å². The molecule has 0 N–H and O–H groups in total. The van der Waals surface area contributed by atoms with Crippen LogP contribution in [0.4, 0.5) is 0 Å². The van der Waals surface area contributed by atoms with Crippen LogP contribution in [0, 0.1) is 6.92 Å². The van der Waals surface area contributed by atoms with Crippen molar-refractivity contribution in [1.82, 2.24) is 0 Å². The first-order valence-corrected chi connectivity index (χ1v) is 5.11. The summed E-state index contributed by atoms with van der Waals surface area (Å²) in [5, 5.41) is 3.05. The number of allylic oxidation sites excluding steroid dienone is 1. The summed E-state index contributed by atoms with van der Waals surface area (Å²) < 4.78 is 0. The fourth-order valence-electron chi connectivity index (χ4n) is 0.707. The molecule has 0 saturated heterocycles. The quantitative estimate of drug-likeness (QED) is 0.665. The minimum atomic E-state index is 0.935. The van der Waals surface area contributed by atoms with Crippen LogP contribution >= 0.6 is 27.3 Å². The van der Waals surface area contributed by atoms with E-state index in [0.717, 1.165) is 5.33 Å². The molecule has 10 heavy (non-hydrogen) atoms. The maximum atomic E-state index is 3.34. The van der Waals surface area contributed by atoms with Gasteiger partial charge in [-0.25, -0.2) is 0 Å². The highest BCUT2D eigenvalue weighted by Crippen LogP contribution is 2.16. The molecule has 0 aliphatic heterocycles. The van der Waals surface area contributed by atoms with Crippen molar-refractivity contribution >= 4 is 33.3 Å². The minimum absolute atomic E-state index is 0.935. The lowest BCUT2D eigenvalue weighted by Crippen LogP contribution is -1.66. The average molecular weight is 217 g/mol. The second kappa shape index (κ2) is 3.94. The molecule has 0 saturated carbocycles. The fourth-order valence-corrected chi connectivity index (χ4v) is 1.74. The summed E-state index contributed by atoms with van der Waals surface area (Å²) in [4.78, 5) is 1.36. The third-order valence-electron chi connectivity index (χ3n) is 1.26. The summed E-state index contributed by atoms with van der Waals surface area (Å²) in [5.41, 5.74) is 1.36. The Kier molecular flexibility index (Phi) is 3.16. The lowest BCUT2D eigenvalue weighted by molar-refractivity contribution is 1.53. The number of hydrogen-bond donors (Lipinski definition) is 0. The van der Waals surface area contributed by atoms with Crippen LogP contribution in [0.3, 0.4) is 0 Å². The predicted octanol–water partition coefficient (Wildman–Crippen LogP) is 3.46. The van der Waals surface area contributed by atoms with E-state index in [1.165, 1.54) is 10.4 Å². The Bertz CT molecular complexity index is 225. The highest BCUT2D eigenvalue weighted by Gasteiger charge is 1.91. The highest BCUT2D eigenvalue weighted by molar-refractivity contribution is 9.09. The number of rotatable bonds is 2. The van der Waals surface area contributed by atoms with Gasteiger partial charge in [-0.1, -0.05) is 22.0 Å². The highest BCUT2D eigenvalue weighted by atomic mass is 79.9. The molecule has 54 valence electrons. The van der Waals surface area contributed by atoms with Gasteiger partial charge in [0.25, 0.3) is 0 Å². The molecule has 0 bridgehead atoms. The summed E-state index contributed by atoms with van der Waals surface area (Å²) in [5.74, 6) is 0. The van der Waals surface area contributed by atoms with Crippen LogP contribution in [0.5, 0.6) is 0 Å². The van der Waals surface area contributed by atoms with Gasteiger partial charge in [0.05, 0.1) is 0 Å². The lowest BCUT2D eigenvalue weighted by Gasteiger charge is -1.86. The number of thiophene rings is 1. The molecule has 0 atom stereocenters. The van der Waals surface area contributed by atoms with E-state index in [1.807, 2.05) is 0 Å². The van der Waals surface area contributed by atoms with Gasteiger partial charge in [0, 0.05) is 10.2 Å². The Morgan fingerprint density at radius 1 is 1.70 bits per heavy atom. The third kappa shape index (κ3) is 1.96. The van der Waals surface area contributed by atoms with E-state index in [1.54, 1.807) is 11.3 Å². The zero-order chi connectivity index (χ0) is 7.40. The zero-order valence-corrected chi connectivity index (χ0v) is 8.21. The Balaban J connectivity index is 2.74. The Morgan fingerprint density at radius 2 is 2.50 bits per heavy atom. The summed E-state index contributed by atoms with van der Waals surface area (Å²) in [6.45, 7) is 2.13. The maximum Gasteiger partial charge on any atom is 0.0296 e. The fraction of sp³-hybridized carbons (Fsp3) is 0.250. The first-order valence-electron chi connectivity index (χ1n) is 3.11. The van der Waals surface area contributed by atoms with Gasteiger partial charge in [-0.2, -0.15) is 0 Å². The molecule has 0 amide bonds. The van der Waals surface area contributed by atoms with Crippen LogP contribution in [-0.4, -0.2) is 5.33 Å². The molecule has 1 rings (SSSR count). The van der Waals surface area contributed by atoms with Gasteiger partial charge in [0.1, 0.15) is 0 Å². The molecule has 0 radical (unpaired) electrons. The Hall–Kier alpha value is -0.0800. The molecule has 0 unspecified atom stereocenters. The molecular formula is C8H9BrS. The molecular weight excluding hydrogens is 208 g/mol. The van der Waals surface area contributed by atoms with Gasteiger partial charge in [0.2, 0.25) is 0 Å². The summed E-state index contributed by atoms with van der Waals surface area (Å²) in [7, 11) is 0. The molecule has 0 spiro atoms. The van der Waals surface area contributed by atoms with Crippen molar-refractivity contribution in [3.05, 3.63) is 28.0 Å². The van der Waals surface area contributed by atoms with Crippen LogP contribution in [0.25, 0.3) is 6.08 Å². The maximum absolute atomic E-state index is 3.34. The monoisotopic (exact) mass is 216 g/mol. The lowest BCUT2D eigenvalue weighted by atomic mass is 10.3. The SMILES string of the molecule is Cc1ccsc1C=CCBr. The summed E-state index contributed by atoms with van der Waals surface area (Å²) >= 11 is 5.12. The van der Waals surface area contributed by atoms with Gasteiger partial charge < -0.3 is 0 Å². The Labute approximate surface area is 73.7 Å². The normalized spacial score (nSPS) is 11.0. The molecule has 0 nitrogen and oxygen atoms in total. The molecule has 1 aromatic rings. The minimum Gasteiger partial charge on any atom is -0.144 e. The topological polar surface area (TPSA) is 0 Å². The van der Waals surface area contributed by atoms with Crippen molar-refractivity contribution in [1.29, 1.82) is 0 Å². The standard InChI is InChI=1S/C8H9BrS/c1-7-4-6-10-8(7)3-2-5-9/h2-4,6H,5H2,1H3. The van der Waals surface area contributed by atoms with Crippen molar-refractivity contribution in [2.75, 3.05) is 5.33 Å². The van der Waals surface area contributed by atoms with E-state index < -0.39 is 0 Å². The molecule has 0 aromatic carbocycles. The first kappa shape index (κ1) is 8.02. The molecule has 1 aromatic heterocycles.